The van der Waals surface area contributed by atoms with Crippen molar-refractivity contribution in [3.05, 3.63) is 48.5 Å². The summed E-state index contributed by atoms with van der Waals surface area (Å²) in [5.74, 6) is 0.930. The molecule has 2 rings (SSSR count). The third kappa shape index (κ3) is 7.32. The summed E-state index contributed by atoms with van der Waals surface area (Å²) in [6, 6.07) is 15.1. The Bertz CT molecular complexity index is 798. The van der Waals surface area contributed by atoms with Crippen LogP contribution in [-0.2, 0) is 8.23 Å². The zero-order valence-corrected chi connectivity index (χ0v) is 23.6. The summed E-state index contributed by atoms with van der Waals surface area (Å²) in [6.07, 6.45) is -0.749. The van der Waals surface area contributed by atoms with Crippen molar-refractivity contribution in [1.82, 2.24) is 0 Å². The van der Waals surface area contributed by atoms with Crippen LogP contribution in [0.2, 0.25) is 52.4 Å². The van der Waals surface area contributed by atoms with Crippen LogP contribution in [0.5, 0.6) is 11.5 Å². The molecule has 5 nitrogen and oxygen atoms in total. The highest BCUT2D eigenvalue weighted by molar-refractivity contribution is 6.89. The minimum atomic E-state index is -2.02. The summed E-state index contributed by atoms with van der Waals surface area (Å²) in [5, 5.41) is 2.19. The number of benzene rings is 2. The maximum absolute atomic E-state index is 12.4. The number of carbonyl (C=O) groups excluding carboxylic acids is 1. The summed E-state index contributed by atoms with van der Waals surface area (Å²) in [7, 11) is -6.36. The van der Waals surface area contributed by atoms with Gasteiger partial charge < -0.3 is 17.7 Å². The van der Waals surface area contributed by atoms with E-state index in [1.807, 2.05) is 36.4 Å². The van der Waals surface area contributed by atoms with Crippen LogP contribution in [0.15, 0.2) is 48.5 Å². The molecular formula is C21H34O5Si4. The van der Waals surface area contributed by atoms with Crippen molar-refractivity contribution in [1.29, 1.82) is 0 Å². The first kappa shape index (κ1) is 24.8. The lowest BCUT2D eigenvalue weighted by atomic mass is 10.3. The van der Waals surface area contributed by atoms with Crippen LogP contribution < -0.4 is 19.8 Å². The van der Waals surface area contributed by atoms with E-state index in [9.17, 15) is 4.79 Å². The van der Waals surface area contributed by atoms with Crippen LogP contribution in [-0.4, -0.2) is 40.9 Å². The Morgan fingerprint density at radius 3 is 1.40 bits per heavy atom. The lowest BCUT2D eigenvalue weighted by Gasteiger charge is -2.26. The molecule has 0 aromatic heterocycles. The molecule has 0 saturated heterocycles. The molecule has 2 aromatic rings. The summed E-state index contributed by atoms with van der Waals surface area (Å²) in [4.78, 5) is 12.4. The number of rotatable bonds is 8. The lowest BCUT2D eigenvalue weighted by molar-refractivity contribution is 0.152. The molecule has 0 aliphatic rings. The van der Waals surface area contributed by atoms with Crippen molar-refractivity contribution in [2.75, 3.05) is 0 Å². The second-order valence-electron chi connectivity index (χ2n) is 8.86. The molecule has 0 heterocycles. The third-order valence-corrected chi connectivity index (χ3v) is 16.4. The van der Waals surface area contributed by atoms with Crippen LogP contribution in [0.1, 0.15) is 0 Å². The Labute approximate surface area is 186 Å². The fraction of sp³-hybridized carbons (Fsp3) is 0.381. The van der Waals surface area contributed by atoms with Crippen LogP contribution >= 0.6 is 0 Å². The maximum Gasteiger partial charge on any atom is 0.519 e. The molecule has 0 unspecified atom stereocenters. The van der Waals surface area contributed by atoms with E-state index in [4.69, 9.17) is 17.7 Å². The minimum absolute atomic E-state index is 0.465. The lowest BCUT2D eigenvalue weighted by Crippen LogP contribution is -2.47. The molecule has 0 amide bonds. The van der Waals surface area contributed by atoms with Gasteiger partial charge in [-0.05, 0) is 87.0 Å². The van der Waals surface area contributed by atoms with Crippen molar-refractivity contribution in [3.8, 4) is 11.5 Å². The largest absolute Gasteiger partial charge is 0.519 e. The van der Waals surface area contributed by atoms with E-state index in [2.05, 4.69) is 52.4 Å². The molecule has 2 aromatic carbocycles. The molecule has 9 heteroatoms. The smallest absolute Gasteiger partial charge is 0.455 e. The highest BCUT2D eigenvalue weighted by Gasteiger charge is 2.28. The van der Waals surface area contributed by atoms with Crippen LogP contribution in [0.25, 0.3) is 0 Å². The molecule has 0 bridgehead atoms. The highest BCUT2D eigenvalue weighted by Crippen LogP contribution is 2.17. The second-order valence-corrected chi connectivity index (χ2v) is 22.1. The quantitative estimate of drug-likeness (QED) is 0.325. The van der Waals surface area contributed by atoms with E-state index in [1.54, 1.807) is 12.1 Å². The van der Waals surface area contributed by atoms with Gasteiger partial charge in [0.15, 0.2) is 18.1 Å². The number of hydrogen-bond donors (Lipinski definition) is 0. The predicted octanol–water partition coefficient (Wildman–Crippen LogP) is 4.09. The Morgan fingerprint density at radius 2 is 1.07 bits per heavy atom. The monoisotopic (exact) mass is 478 g/mol. The van der Waals surface area contributed by atoms with Crippen molar-refractivity contribution in [2.45, 2.75) is 52.4 Å². The van der Waals surface area contributed by atoms with E-state index >= 15 is 0 Å². The Balaban J connectivity index is 2.10. The van der Waals surface area contributed by atoms with Gasteiger partial charge in [0.2, 0.25) is 16.6 Å². The van der Waals surface area contributed by atoms with E-state index in [1.165, 1.54) is 0 Å². The van der Waals surface area contributed by atoms with E-state index < -0.39 is 40.9 Å². The van der Waals surface area contributed by atoms with Gasteiger partial charge in [0, 0.05) is 0 Å². The van der Waals surface area contributed by atoms with Crippen LogP contribution in [0.4, 0.5) is 4.79 Å². The maximum atomic E-state index is 12.4. The fourth-order valence-corrected chi connectivity index (χ4v) is 15.9. The summed E-state index contributed by atoms with van der Waals surface area (Å²) in [6.45, 7) is 17.3. The SMILES string of the molecule is C[SiH](C)O[Si](C)(C)c1cccc(OC(=O)Oc2cccc([Si](C)(C)O[SiH](C)C)c2)c1. The van der Waals surface area contributed by atoms with E-state index in [0.29, 0.717) is 11.5 Å². The average molecular weight is 479 g/mol. The summed E-state index contributed by atoms with van der Waals surface area (Å²) < 4.78 is 23.4. The number of ether oxygens (including phenoxy) is 2. The van der Waals surface area contributed by atoms with Gasteiger partial charge in [-0.3, -0.25) is 0 Å². The van der Waals surface area contributed by atoms with Gasteiger partial charge in [0.25, 0.3) is 0 Å². The van der Waals surface area contributed by atoms with Gasteiger partial charge in [-0.2, -0.15) is 0 Å². The van der Waals surface area contributed by atoms with Gasteiger partial charge in [-0.15, -0.1) is 0 Å². The number of hydrogen-bond acceptors (Lipinski definition) is 5. The van der Waals surface area contributed by atoms with Gasteiger partial charge >= 0.3 is 6.16 Å². The van der Waals surface area contributed by atoms with E-state index in [0.717, 1.165) is 10.4 Å². The highest BCUT2D eigenvalue weighted by atomic mass is 28.4. The molecule has 0 aliphatic heterocycles. The van der Waals surface area contributed by atoms with Gasteiger partial charge in [-0.25, -0.2) is 4.79 Å². The molecule has 0 N–H and O–H groups in total. The average Bonchev–Trinajstić information content (AvgIpc) is 2.60. The molecule has 0 radical (unpaired) electrons. The van der Waals surface area contributed by atoms with Crippen LogP contribution in [0.3, 0.4) is 0 Å². The normalized spacial score (nSPS) is 12.3. The zero-order chi connectivity index (χ0) is 22.5. The Hall–Kier alpha value is -1.50. The van der Waals surface area contributed by atoms with Gasteiger partial charge in [0.05, 0.1) is 0 Å². The van der Waals surface area contributed by atoms with Crippen molar-refractivity contribution in [2.24, 2.45) is 0 Å². The van der Waals surface area contributed by atoms with Crippen molar-refractivity contribution >= 4 is 51.2 Å². The van der Waals surface area contributed by atoms with Crippen molar-refractivity contribution < 1.29 is 22.5 Å². The number of carbonyl (C=O) groups is 1. The first-order valence-electron chi connectivity index (χ1n) is 10.4. The summed E-state index contributed by atoms with van der Waals surface area (Å²) in [5.41, 5.74) is 0. The second kappa shape index (κ2) is 10.2. The standard InChI is InChI=1S/C21H34O5Si4/c1-27(2)25-29(5,6)19-13-9-11-17(15-19)23-21(22)24-18-12-10-14-20(16-18)30(7,8)26-28(3)4/h9-16,27-28H,1-8H3. The fourth-order valence-electron chi connectivity index (χ4n) is 3.40. The van der Waals surface area contributed by atoms with Crippen LogP contribution in [0, 0.1) is 0 Å². The molecule has 0 fully saturated rings. The predicted molar refractivity (Wildman–Crippen MR) is 134 cm³/mol. The zero-order valence-electron chi connectivity index (χ0n) is 19.3. The first-order valence-corrected chi connectivity index (χ1v) is 21.7. The molecule has 164 valence electrons. The molecular weight excluding hydrogens is 445 g/mol. The van der Waals surface area contributed by atoms with E-state index in [-0.39, 0.29) is 0 Å². The minimum Gasteiger partial charge on any atom is -0.455 e. The molecule has 0 atom stereocenters. The third-order valence-electron chi connectivity index (χ3n) is 4.52. The van der Waals surface area contributed by atoms with Gasteiger partial charge in [0.1, 0.15) is 11.5 Å². The summed E-state index contributed by atoms with van der Waals surface area (Å²) >= 11 is 0. The molecule has 0 aliphatic carbocycles. The molecule has 30 heavy (non-hydrogen) atoms. The first-order chi connectivity index (χ1) is 13.9. The molecule has 0 spiro atoms. The topological polar surface area (TPSA) is 54.0 Å². The Kier molecular flexibility index (Phi) is 8.42. The molecule has 0 saturated carbocycles. The van der Waals surface area contributed by atoms with Gasteiger partial charge in [-0.1, -0.05) is 24.3 Å². The van der Waals surface area contributed by atoms with Crippen molar-refractivity contribution in [3.63, 3.8) is 0 Å². The Morgan fingerprint density at radius 1 is 0.700 bits per heavy atom.